The van der Waals surface area contributed by atoms with E-state index in [1.54, 1.807) is 0 Å². The van der Waals surface area contributed by atoms with Gasteiger partial charge in [0.15, 0.2) is 0 Å². The van der Waals surface area contributed by atoms with Gasteiger partial charge in [-0.3, -0.25) is 10.2 Å². The largest absolute Gasteiger partial charge is 0.286 e. The minimum Gasteiger partial charge on any atom is -0.286 e. The van der Waals surface area contributed by atoms with Crippen LogP contribution in [-0.4, -0.2) is 15.2 Å². The minimum atomic E-state index is 0.356. The molecule has 0 fully saturated rings. The van der Waals surface area contributed by atoms with Crippen molar-refractivity contribution in [3.8, 4) is 0 Å². The molecule has 1 heterocycles. The number of hydrogen-bond acceptors (Lipinski definition) is 2. The molecule has 0 saturated carbocycles. The van der Waals surface area contributed by atoms with Crippen molar-refractivity contribution in [1.29, 1.82) is 0 Å². The highest BCUT2D eigenvalue weighted by atomic mass is 32.1. The van der Waals surface area contributed by atoms with Crippen molar-refractivity contribution in [1.82, 2.24) is 15.2 Å². The van der Waals surface area contributed by atoms with Crippen molar-refractivity contribution >= 4 is 12.2 Å². The normalized spacial score (nSPS) is 11.9. The van der Waals surface area contributed by atoms with Gasteiger partial charge in [0.2, 0.25) is 4.77 Å². The second-order valence-corrected chi connectivity index (χ2v) is 4.56. The average Bonchev–Trinajstić information content (AvgIpc) is 2.30. The Hall–Kier alpha value is -0.640. The van der Waals surface area contributed by atoms with Gasteiger partial charge >= 0.3 is 0 Å². The van der Waals surface area contributed by atoms with E-state index in [0.29, 0.717) is 10.2 Å². The summed E-state index contributed by atoms with van der Waals surface area (Å²) in [4.78, 5) is 4.12. The molecule has 68 valence electrons. The summed E-state index contributed by atoms with van der Waals surface area (Å²) in [5, 5.41) is 5.72. The highest BCUT2D eigenvalue weighted by Crippen LogP contribution is 2.19. The third kappa shape index (κ3) is 3.17. The van der Waals surface area contributed by atoms with Crippen LogP contribution in [-0.2, 0) is 6.42 Å². The Balaban J connectivity index is 2.49. The number of aromatic nitrogens is 3. The van der Waals surface area contributed by atoms with E-state index in [1.807, 2.05) is 0 Å². The smallest absolute Gasteiger partial charge is 0.213 e. The Morgan fingerprint density at radius 2 is 2.00 bits per heavy atom. The molecule has 0 aliphatic carbocycles. The quantitative estimate of drug-likeness (QED) is 0.695. The van der Waals surface area contributed by atoms with Crippen molar-refractivity contribution in [3.05, 3.63) is 10.6 Å². The monoisotopic (exact) mass is 185 g/mol. The Morgan fingerprint density at radius 3 is 2.42 bits per heavy atom. The van der Waals surface area contributed by atoms with E-state index < -0.39 is 0 Å². The summed E-state index contributed by atoms with van der Waals surface area (Å²) >= 11 is 4.84. The molecule has 3 nitrogen and oxygen atoms in total. The molecule has 0 radical (unpaired) electrons. The Morgan fingerprint density at radius 1 is 1.33 bits per heavy atom. The Bertz CT molecular complexity index is 292. The van der Waals surface area contributed by atoms with Crippen molar-refractivity contribution in [2.75, 3.05) is 0 Å². The molecule has 0 atom stereocenters. The number of aryl methyl sites for hydroxylation is 1. The van der Waals surface area contributed by atoms with Gasteiger partial charge in [0.1, 0.15) is 5.82 Å². The lowest BCUT2D eigenvalue weighted by molar-refractivity contribution is 0.374. The number of hydrogen-bond donors (Lipinski definition) is 2. The standard InChI is InChI=1S/C8H15N3S/c1-8(2,3)5-4-6-9-7(12)11-10-6/h4-5H2,1-3H3,(H2,9,10,11,12). The maximum Gasteiger partial charge on any atom is 0.213 e. The third-order valence-corrected chi connectivity index (χ3v) is 1.86. The van der Waals surface area contributed by atoms with E-state index in [4.69, 9.17) is 12.2 Å². The van der Waals surface area contributed by atoms with E-state index in [-0.39, 0.29) is 0 Å². The van der Waals surface area contributed by atoms with Crippen LogP contribution in [0.4, 0.5) is 0 Å². The van der Waals surface area contributed by atoms with Gasteiger partial charge in [-0.15, -0.1) is 0 Å². The van der Waals surface area contributed by atoms with E-state index in [9.17, 15) is 0 Å². The summed E-state index contributed by atoms with van der Waals surface area (Å²) in [6, 6.07) is 0. The zero-order chi connectivity index (χ0) is 9.19. The van der Waals surface area contributed by atoms with Gasteiger partial charge in [0, 0.05) is 6.42 Å². The first kappa shape index (κ1) is 9.45. The second kappa shape index (κ2) is 3.39. The van der Waals surface area contributed by atoms with Crippen LogP contribution in [0, 0.1) is 10.2 Å². The summed E-state index contributed by atoms with van der Waals surface area (Å²) in [5.41, 5.74) is 0.356. The fourth-order valence-electron chi connectivity index (χ4n) is 0.916. The molecule has 0 unspecified atom stereocenters. The van der Waals surface area contributed by atoms with Crippen LogP contribution in [0.1, 0.15) is 33.0 Å². The molecule has 12 heavy (non-hydrogen) atoms. The number of H-pyrrole nitrogens is 2. The van der Waals surface area contributed by atoms with Crippen LogP contribution in [0.25, 0.3) is 0 Å². The Labute approximate surface area is 77.6 Å². The number of nitrogens with one attached hydrogen (secondary N) is 2. The molecule has 0 amide bonds. The lowest BCUT2D eigenvalue weighted by Crippen LogP contribution is -2.06. The van der Waals surface area contributed by atoms with Gasteiger partial charge in [0.05, 0.1) is 0 Å². The molecule has 1 aromatic heterocycles. The van der Waals surface area contributed by atoms with Crippen LogP contribution >= 0.6 is 12.2 Å². The minimum absolute atomic E-state index is 0.356. The highest BCUT2D eigenvalue weighted by Gasteiger charge is 2.10. The number of aromatic amines is 2. The van der Waals surface area contributed by atoms with Crippen LogP contribution in [0.5, 0.6) is 0 Å². The second-order valence-electron chi connectivity index (χ2n) is 4.17. The van der Waals surface area contributed by atoms with Gasteiger partial charge in [-0.1, -0.05) is 20.8 Å². The molecule has 0 aliphatic heterocycles. The van der Waals surface area contributed by atoms with Gasteiger partial charge in [-0.25, -0.2) is 4.98 Å². The average molecular weight is 185 g/mol. The third-order valence-electron chi connectivity index (χ3n) is 1.66. The zero-order valence-electron chi connectivity index (χ0n) is 7.77. The first-order valence-corrected chi connectivity index (χ1v) is 4.52. The van der Waals surface area contributed by atoms with Gasteiger partial charge < -0.3 is 0 Å². The Kier molecular flexibility index (Phi) is 2.67. The predicted octanol–water partition coefficient (Wildman–Crippen LogP) is 2.45. The predicted molar refractivity (Wildman–Crippen MR) is 51.5 cm³/mol. The summed E-state index contributed by atoms with van der Waals surface area (Å²) in [7, 11) is 0. The van der Waals surface area contributed by atoms with Gasteiger partial charge in [0.25, 0.3) is 0 Å². The SMILES string of the molecule is CC(C)(C)CCc1nc(=S)[nH][nH]1. The van der Waals surface area contributed by atoms with Crippen molar-refractivity contribution < 1.29 is 0 Å². The van der Waals surface area contributed by atoms with E-state index in [2.05, 4.69) is 36.0 Å². The van der Waals surface area contributed by atoms with Gasteiger partial charge in [-0.2, -0.15) is 0 Å². The maximum atomic E-state index is 4.84. The first-order chi connectivity index (χ1) is 5.47. The van der Waals surface area contributed by atoms with Gasteiger partial charge in [-0.05, 0) is 24.1 Å². The van der Waals surface area contributed by atoms with Crippen molar-refractivity contribution in [2.45, 2.75) is 33.6 Å². The van der Waals surface area contributed by atoms with Crippen LogP contribution in [0.15, 0.2) is 0 Å². The van der Waals surface area contributed by atoms with E-state index in [0.717, 1.165) is 18.7 Å². The summed E-state index contributed by atoms with van der Waals surface area (Å²) in [6.07, 6.45) is 2.07. The van der Waals surface area contributed by atoms with Crippen LogP contribution in [0.3, 0.4) is 0 Å². The molecule has 0 aromatic carbocycles. The molecule has 0 aliphatic rings. The van der Waals surface area contributed by atoms with Crippen molar-refractivity contribution in [3.63, 3.8) is 0 Å². The topological polar surface area (TPSA) is 44.5 Å². The zero-order valence-corrected chi connectivity index (χ0v) is 8.59. The van der Waals surface area contributed by atoms with Crippen molar-refractivity contribution in [2.24, 2.45) is 5.41 Å². The molecule has 4 heteroatoms. The lowest BCUT2D eigenvalue weighted by Gasteiger charge is -2.16. The molecule has 1 rings (SSSR count). The summed E-state index contributed by atoms with van der Waals surface area (Å²) in [6.45, 7) is 6.65. The maximum absolute atomic E-state index is 4.84. The van der Waals surface area contributed by atoms with E-state index >= 15 is 0 Å². The molecule has 2 N–H and O–H groups in total. The summed E-state index contributed by atoms with van der Waals surface area (Å²) < 4.78 is 0.541. The summed E-state index contributed by atoms with van der Waals surface area (Å²) in [5.74, 6) is 0.954. The molecule has 0 bridgehead atoms. The molecular formula is C8H15N3S. The molecular weight excluding hydrogens is 170 g/mol. The fourth-order valence-corrected chi connectivity index (χ4v) is 1.08. The van der Waals surface area contributed by atoms with Crippen LogP contribution < -0.4 is 0 Å². The molecule has 1 aromatic rings. The van der Waals surface area contributed by atoms with E-state index in [1.165, 1.54) is 0 Å². The first-order valence-electron chi connectivity index (χ1n) is 4.11. The number of rotatable bonds is 2. The fraction of sp³-hybridized carbons (Fsp3) is 0.750. The number of nitrogens with zero attached hydrogens (tertiary/aromatic N) is 1. The van der Waals surface area contributed by atoms with Crippen LogP contribution in [0.2, 0.25) is 0 Å². The molecule has 0 spiro atoms. The highest BCUT2D eigenvalue weighted by molar-refractivity contribution is 7.71. The molecule has 0 saturated heterocycles. The lowest BCUT2D eigenvalue weighted by atomic mass is 9.90.